The summed E-state index contributed by atoms with van der Waals surface area (Å²) < 4.78 is 0. The molecule has 0 aliphatic carbocycles. The maximum atomic E-state index is 13.1. The van der Waals surface area contributed by atoms with Crippen LogP contribution >= 0.6 is 11.6 Å². The Morgan fingerprint density at radius 3 is 2.33 bits per heavy atom. The lowest BCUT2D eigenvalue weighted by atomic mass is 9.98. The zero-order valence-electron chi connectivity index (χ0n) is 14.2. The van der Waals surface area contributed by atoms with Gasteiger partial charge in [-0.05, 0) is 29.8 Å². The van der Waals surface area contributed by atoms with Crippen molar-refractivity contribution in [2.24, 2.45) is 0 Å². The maximum Gasteiger partial charge on any atom is 0.263 e. The first-order chi connectivity index (χ1) is 11.2. The normalized spacial score (nSPS) is 20.4. The Labute approximate surface area is 148 Å². The summed E-state index contributed by atoms with van der Waals surface area (Å²) in [7, 11) is -1.65. The second-order valence-corrected chi connectivity index (χ2v) is 13.5. The number of benzene rings is 2. The highest BCUT2D eigenvalue weighted by molar-refractivity contribution is 6.76. The first-order valence-corrected chi connectivity index (χ1v) is 12.2. The van der Waals surface area contributed by atoms with Crippen molar-refractivity contribution in [1.29, 1.82) is 0 Å². The third-order valence-electron chi connectivity index (χ3n) is 4.28. The number of amides is 1. The number of hydrogen-bond acceptors (Lipinski definition) is 2. The zero-order valence-corrected chi connectivity index (χ0v) is 16.0. The molecule has 2 aromatic carbocycles. The molecule has 5 heteroatoms. The Balaban J connectivity index is 2.00. The van der Waals surface area contributed by atoms with Crippen LogP contribution in [0, 0.1) is 0 Å². The fourth-order valence-electron chi connectivity index (χ4n) is 3.37. The number of rotatable bonds is 4. The van der Waals surface area contributed by atoms with Gasteiger partial charge in [0, 0.05) is 18.7 Å². The average molecular weight is 360 g/mol. The molecule has 1 aliphatic heterocycles. The van der Waals surface area contributed by atoms with Crippen molar-refractivity contribution in [3.8, 4) is 0 Å². The van der Waals surface area contributed by atoms with Crippen molar-refractivity contribution in [2.45, 2.75) is 37.8 Å². The van der Waals surface area contributed by atoms with Crippen molar-refractivity contribution in [2.75, 3.05) is 4.90 Å². The molecule has 0 fully saturated rings. The smallest absolute Gasteiger partial charge is 0.263 e. The Hall–Kier alpha value is -1.62. The maximum absolute atomic E-state index is 13.1. The second-order valence-electron chi connectivity index (χ2n) is 7.63. The molecule has 1 heterocycles. The van der Waals surface area contributed by atoms with Crippen LogP contribution in [0.2, 0.25) is 30.7 Å². The van der Waals surface area contributed by atoms with Gasteiger partial charge in [0.2, 0.25) is 0 Å². The number of para-hydroxylation sites is 1. The summed E-state index contributed by atoms with van der Waals surface area (Å²) >= 11 is 5.94. The van der Waals surface area contributed by atoms with Crippen LogP contribution in [-0.2, 0) is 16.9 Å². The SMILES string of the molecule is C[Si](C)(C)CC1(O)C(=O)N(Cc2ccc(Cl)cc2)c2ccccc21. The van der Waals surface area contributed by atoms with Gasteiger partial charge in [-0.25, -0.2) is 0 Å². The van der Waals surface area contributed by atoms with Gasteiger partial charge in [-0.3, -0.25) is 4.79 Å². The van der Waals surface area contributed by atoms with Gasteiger partial charge >= 0.3 is 0 Å². The molecule has 1 aliphatic rings. The van der Waals surface area contributed by atoms with E-state index in [-0.39, 0.29) is 5.91 Å². The Morgan fingerprint density at radius 2 is 1.71 bits per heavy atom. The molecule has 126 valence electrons. The van der Waals surface area contributed by atoms with Gasteiger partial charge in [0.25, 0.3) is 5.91 Å². The largest absolute Gasteiger partial charge is 0.375 e. The van der Waals surface area contributed by atoms with E-state index in [0.29, 0.717) is 17.6 Å². The molecular weight excluding hydrogens is 338 g/mol. The summed E-state index contributed by atoms with van der Waals surface area (Å²) in [6, 6.07) is 15.5. The van der Waals surface area contributed by atoms with Crippen molar-refractivity contribution in [3.05, 3.63) is 64.7 Å². The van der Waals surface area contributed by atoms with Gasteiger partial charge in [-0.1, -0.05) is 61.6 Å². The molecular formula is C19H22ClNO2Si. The van der Waals surface area contributed by atoms with E-state index in [0.717, 1.165) is 16.8 Å². The zero-order chi connectivity index (χ0) is 17.5. The molecule has 24 heavy (non-hydrogen) atoms. The predicted molar refractivity (Wildman–Crippen MR) is 101 cm³/mol. The van der Waals surface area contributed by atoms with Crippen molar-refractivity contribution >= 4 is 31.3 Å². The Kier molecular flexibility index (Phi) is 4.32. The molecule has 1 amide bonds. The third kappa shape index (κ3) is 3.14. The number of nitrogens with zero attached hydrogens (tertiary/aromatic N) is 1. The highest BCUT2D eigenvalue weighted by Gasteiger charge is 2.51. The van der Waals surface area contributed by atoms with Gasteiger partial charge in [0.05, 0.1) is 12.2 Å². The molecule has 0 radical (unpaired) electrons. The second kappa shape index (κ2) is 6.03. The van der Waals surface area contributed by atoms with Gasteiger partial charge < -0.3 is 10.0 Å². The van der Waals surface area contributed by atoms with E-state index in [4.69, 9.17) is 11.6 Å². The molecule has 1 unspecified atom stereocenters. The van der Waals surface area contributed by atoms with Crippen LogP contribution in [0.5, 0.6) is 0 Å². The van der Waals surface area contributed by atoms with Crippen LogP contribution in [-0.4, -0.2) is 19.1 Å². The van der Waals surface area contributed by atoms with E-state index >= 15 is 0 Å². The minimum Gasteiger partial charge on any atom is -0.375 e. The first-order valence-electron chi connectivity index (χ1n) is 8.09. The molecule has 0 saturated carbocycles. The number of halogens is 1. The van der Waals surface area contributed by atoms with Crippen molar-refractivity contribution in [1.82, 2.24) is 0 Å². The third-order valence-corrected chi connectivity index (χ3v) is 6.10. The summed E-state index contributed by atoms with van der Waals surface area (Å²) in [5.41, 5.74) is 1.11. The standard InChI is InChI=1S/C19H22ClNO2Si/c1-24(2,3)13-19(23)16-6-4-5-7-17(16)21(18(19)22)12-14-8-10-15(20)11-9-14/h4-11,23H,12-13H2,1-3H3. The summed E-state index contributed by atoms with van der Waals surface area (Å²) in [6.45, 7) is 6.94. The van der Waals surface area contributed by atoms with E-state index in [1.165, 1.54) is 0 Å². The van der Waals surface area contributed by atoms with Crippen LogP contribution in [0.3, 0.4) is 0 Å². The van der Waals surface area contributed by atoms with E-state index in [2.05, 4.69) is 19.6 Å². The number of hydrogen-bond donors (Lipinski definition) is 1. The van der Waals surface area contributed by atoms with Crippen LogP contribution in [0.15, 0.2) is 48.5 Å². The van der Waals surface area contributed by atoms with Crippen LogP contribution in [0.25, 0.3) is 0 Å². The number of anilines is 1. The minimum atomic E-state index is -1.65. The molecule has 0 spiro atoms. The molecule has 1 N–H and O–H groups in total. The molecule has 0 bridgehead atoms. The van der Waals surface area contributed by atoms with Gasteiger partial charge in [-0.15, -0.1) is 0 Å². The van der Waals surface area contributed by atoms with Crippen LogP contribution in [0.1, 0.15) is 11.1 Å². The fourth-order valence-corrected chi connectivity index (χ4v) is 5.38. The molecule has 0 aromatic heterocycles. The van der Waals surface area contributed by atoms with E-state index < -0.39 is 13.7 Å². The Bertz CT molecular complexity index is 770. The molecule has 0 saturated heterocycles. The van der Waals surface area contributed by atoms with Gasteiger partial charge in [0.15, 0.2) is 5.60 Å². The summed E-state index contributed by atoms with van der Waals surface area (Å²) in [4.78, 5) is 14.8. The molecule has 1 atom stereocenters. The predicted octanol–water partition coefficient (Wildman–Crippen LogP) is 4.41. The molecule has 3 nitrogen and oxygen atoms in total. The number of aliphatic hydroxyl groups is 1. The summed E-state index contributed by atoms with van der Waals surface area (Å²) in [6.07, 6.45) is 0. The molecule has 2 aromatic rings. The van der Waals surface area contributed by atoms with E-state index in [1.54, 1.807) is 4.90 Å². The van der Waals surface area contributed by atoms with Gasteiger partial charge in [-0.2, -0.15) is 0 Å². The first kappa shape index (κ1) is 17.2. The van der Waals surface area contributed by atoms with Crippen LogP contribution in [0.4, 0.5) is 5.69 Å². The van der Waals surface area contributed by atoms with E-state index in [9.17, 15) is 9.90 Å². The lowest BCUT2D eigenvalue weighted by Gasteiger charge is -2.29. The average Bonchev–Trinajstić information content (AvgIpc) is 2.70. The van der Waals surface area contributed by atoms with Crippen LogP contribution < -0.4 is 4.90 Å². The van der Waals surface area contributed by atoms with Crippen molar-refractivity contribution < 1.29 is 9.90 Å². The lowest BCUT2D eigenvalue weighted by Crippen LogP contribution is -2.44. The topological polar surface area (TPSA) is 40.5 Å². The summed E-state index contributed by atoms with van der Waals surface area (Å²) in [5, 5.41) is 11.9. The highest BCUT2D eigenvalue weighted by Crippen LogP contribution is 2.45. The van der Waals surface area contributed by atoms with E-state index in [1.807, 2.05) is 48.5 Å². The quantitative estimate of drug-likeness (QED) is 0.821. The number of carbonyl (C=O) groups is 1. The van der Waals surface area contributed by atoms with Gasteiger partial charge in [0.1, 0.15) is 0 Å². The Morgan fingerprint density at radius 1 is 1.08 bits per heavy atom. The lowest BCUT2D eigenvalue weighted by molar-refractivity contribution is -0.134. The monoisotopic (exact) mass is 359 g/mol. The number of carbonyl (C=O) groups excluding carboxylic acids is 1. The summed E-state index contributed by atoms with van der Waals surface area (Å²) in [5.74, 6) is -0.221. The number of fused-ring (bicyclic) bond motifs is 1. The highest BCUT2D eigenvalue weighted by atomic mass is 35.5. The fraction of sp³-hybridized carbons (Fsp3) is 0.316. The van der Waals surface area contributed by atoms with Crippen molar-refractivity contribution in [3.63, 3.8) is 0 Å². The molecule has 3 rings (SSSR count). The minimum absolute atomic E-state index is 0.221.